The van der Waals surface area contributed by atoms with E-state index in [-0.39, 0.29) is 36.0 Å². The highest BCUT2D eigenvalue weighted by Crippen LogP contribution is 2.56. The molecule has 36 heavy (non-hydrogen) atoms. The van der Waals surface area contributed by atoms with Crippen LogP contribution in [0.2, 0.25) is 0 Å². The SMILES string of the molecule is CC(=O)[C@@]1(C)O[C@]2(C)O[C@](C)(C(C)=O)C[C@]2(O)O1.CC(=O)[C@]1(C)O[C@@]2(C)O[C@@](C)(C(C)=O)C[C@@]2(O)O1. The minimum atomic E-state index is -1.81. The molecule has 4 aliphatic rings. The van der Waals surface area contributed by atoms with Gasteiger partial charge >= 0.3 is 0 Å². The molecular weight excluding hydrogens is 480 g/mol. The summed E-state index contributed by atoms with van der Waals surface area (Å²) in [7, 11) is 0. The maximum atomic E-state index is 11.6. The molecule has 0 radical (unpaired) electrons. The fourth-order valence-corrected chi connectivity index (χ4v) is 4.90. The van der Waals surface area contributed by atoms with Crippen molar-refractivity contribution in [2.75, 3.05) is 0 Å². The van der Waals surface area contributed by atoms with Crippen LogP contribution in [-0.4, -0.2) is 79.3 Å². The molecule has 2 N–H and O–H groups in total. The molecule has 0 bridgehead atoms. The van der Waals surface area contributed by atoms with E-state index < -0.39 is 45.9 Å². The number of rotatable bonds is 4. The number of fused-ring (bicyclic) bond motifs is 2. The third kappa shape index (κ3) is 4.08. The first-order valence-electron chi connectivity index (χ1n) is 11.6. The number of hydrogen-bond acceptors (Lipinski definition) is 12. The number of carbonyl (C=O) groups excluding carboxylic acids is 4. The van der Waals surface area contributed by atoms with E-state index in [0.29, 0.717) is 0 Å². The fraction of sp³-hybridized carbons (Fsp3) is 0.833. The highest BCUT2D eigenvalue weighted by Gasteiger charge is 2.74. The van der Waals surface area contributed by atoms with E-state index in [1.54, 1.807) is 13.8 Å². The number of ketones is 4. The monoisotopic (exact) mass is 516 g/mol. The van der Waals surface area contributed by atoms with Crippen LogP contribution in [0.3, 0.4) is 0 Å². The van der Waals surface area contributed by atoms with Crippen molar-refractivity contribution < 1.29 is 57.8 Å². The lowest BCUT2D eigenvalue weighted by atomic mass is 9.94. The third-order valence-corrected chi connectivity index (χ3v) is 7.69. The minimum Gasteiger partial charge on any atom is -0.361 e. The predicted molar refractivity (Wildman–Crippen MR) is 119 cm³/mol. The average molecular weight is 517 g/mol. The molecule has 4 rings (SSSR count). The Morgan fingerprint density at radius 2 is 0.778 bits per heavy atom. The first-order valence-corrected chi connectivity index (χ1v) is 11.6. The Labute approximate surface area is 209 Å². The van der Waals surface area contributed by atoms with Crippen LogP contribution in [0.4, 0.5) is 0 Å². The average Bonchev–Trinajstić information content (AvgIpc) is 3.14. The molecule has 4 aliphatic heterocycles. The molecular formula is C24H36O12. The van der Waals surface area contributed by atoms with Crippen molar-refractivity contribution in [2.24, 2.45) is 0 Å². The van der Waals surface area contributed by atoms with Crippen molar-refractivity contribution in [2.45, 2.75) is 128 Å². The number of hydrogen-bond donors (Lipinski definition) is 2. The maximum absolute atomic E-state index is 11.6. The zero-order valence-corrected chi connectivity index (χ0v) is 22.4. The molecule has 0 saturated carbocycles. The first-order chi connectivity index (χ1) is 15.9. The van der Waals surface area contributed by atoms with Crippen LogP contribution in [0.25, 0.3) is 0 Å². The van der Waals surface area contributed by atoms with Gasteiger partial charge in [-0.15, -0.1) is 0 Å². The van der Waals surface area contributed by atoms with E-state index in [9.17, 15) is 29.4 Å². The molecule has 0 aromatic heterocycles. The fourth-order valence-electron chi connectivity index (χ4n) is 4.90. The Balaban J connectivity index is 0.000000201. The molecule has 0 aromatic rings. The summed E-state index contributed by atoms with van der Waals surface area (Å²) in [6.07, 6.45) is -0.149. The lowest BCUT2D eigenvalue weighted by Crippen LogP contribution is -2.45. The van der Waals surface area contributed by atoms with Gasteiger partial charge in [-0.05, 0) is 55.4 Å². The summed E-state index contributed by atoms with van der Waals surface area (Å²) < 4.78 is 32.8. The molecule has 4 heterocycles. The van der Waals surface area contributed by atoms with Crippen LogP contribution in [0, 0.1) is 0 Å². The first kappa shape index (κ1) is 28.9. The van der Waals surface area contributed by atoms with Crippen LogP contribution < -0.4 is 0 Å². The van der Waals surface area contributed by atoms with Gasteiger partial charge in [0.05, 0.1) is 0 Å². The highest BCUT2D eigenvalue weighted by molar-refractivity contribution is 5.86. The molecule has 12 heteroatoms. The summed E-state index contributed by atoms with van der Waals surface area (Å²) in [6, 6.07) is 0. The van der Waals surface area contributed by atoms with E-state index in [0.717, 1.165) is 0 Å². The van der Waals surface area contributed by atoms with Gasteiger partial charge in [0.2, 0.25) is 34.7 Å². The van der Waals surface area contributed by atoms with Gasteiger partial charge < -0.3 is 38.6 Å². The van der Waals surface area contributed by atoms with E-state index >= 15 is 0 Å². The Kier molecular flexibility index (Phi) is 6.37. The molecule has 4 fully saturated rings. The van der Waals surface area contributed by atoms with Crippen molar-refractivity contribution in [3.05, 3.63) is 0 Å². The van der Waals surface area contributed by atoms with Gasteiger partial charge in [0, 0.05) is 26.7 Å². The summed E-state index contributed by atoms with van der Waals surface area (Å²) in [6.45, 7) is 14.3. The van der Waals surface area contributed by atoms with Crippen molar-refractivity contribution in [3.63, 3.8) is 0 Å². The van der Waals surface area contributed by atoms with Gasteiger partial charge in [-0.1, -0.05) is 0 Å². The topological polar surface area (TPSA) is 164 Å². The smallest absolute Gasteiger partial charge is 0.231 e. The summed E-state index contributed by atoms with van der Waals surface area (Å²) in [5.74, 6) is -11.0. The molecule has 4 saturated heterocycles. The molecule has 0 amide bonds. The highest BCUT2D eigenvalue weighted by atomic mass is 16.9. The normalized spacial score (nSPS) is 51.2. The van der Waals surface area contributed by atoms with Crippen LogP contribution in [0.5, 0.6) is 0 Å². The van der Waals surface area contributed by atoms with E-state index in [4.69, 9.17) is 28.4 Å². The van der Waals surface area contributed by atoms with Gasteiger partial charge in [-0.3, -0.25) is 19.2 Å². The quantitative estimate of drug-likeness (QED) is 0.546. The standard InChI is InChI=1S/2C12H18O6/c2*1-7(13)9(3)6-12(15)11(5,16-9)17-10(4,18-12)8(2)14/h2*15H,6H2,1-5H3/t2*9-,10-,11-,12-/m10/s1. The maximum Gasteiger partial charge on any atom is 0.231 e. The molecule has 0 aromatic carbocycles. The lowest BCUT2D eigenvalue weighted by molar-refractivity contribution is -0.271. The third-order valence-electron chi connectivity index (χ3n) is 7.69. The predicted octanol–water partition coefficient (Wildman–Crippen LogP) is 1.02. The summed E-state index contributed by atoms with van der Waals surface area (Å²) in [4.78, 5) is 46.1. The number of ether oxygens (including phenoxy) is 6. The van der Waals surface area contributed by atoms with Crippen LogP contribution >= 0.6 is 0 Å². The summed E-state index contributed by atoms with van der Waals surface area (Å²) >= 11 is 0. The van der Waals surface area contributed by atoms with E-state index in [2.05, 4.69) is 0 Å². The summed E-state index contributed by atoms with van der Waals surface area (Å²) in [5, 5.41) is 21.0. The molecule has 0 unspecified atom stereocenters. The van der Waals surface area contributed by atoms with Gasteiger partial charge in [0.15, 0.2) is 23.1 Å². The van der Waals surface area contributed by atoms with Gasteiger partial charge in [-0.2, -0.15) is 0 Å². The van der Waals surface area contributed by atoms with Crippen LogP contribution in [0.1, 0.15) is 82.1 Å². The van der Waals surface area contributed by atoms with Crippen molar-refractivity contribution in [3.8, 4) is 0 Å². The van der Waals surface area contributed by atoms with Crippen molar-refractivity contribution >= 4 is 23.1 Å². The second-order valence-corrected chi connectivity index (χ2v) is 11.0. The second-order valence-electron chi connectivity index (χ2n) is 11.0. The Morgan fingerprint density at radius 3 is 0.972 bits per heavy atom. The number of aliphatic hydroxyl groups is 2. The summed E-state index contributed by atoms with van der Waals surface area (Å²) in [5.41, 5.74) is -2.36. The second kappa shape index (κ2) is 7.93. The van der Waals surface area contributed by atoms with Gasteiger partial charge in [0.1, 0.15) is 11.2 Å². The molecule has 204 valence electrons. The number of Topliss-reactive ketones (excluding diaryl/α,β-unsaturated/α-hetero) is 4. The van der Waals surface area contributed by atoms with E-state index in [1.807, 2.05) is 0 Å². The molecule has 0 spiro atoms. The molecule has 0 aliphatic carbocycles. The Morgan fingerprint density at radius 1 is 0.500 bits per heavy atom. The lowest BCUT2D eigenvalue weighted by Gasteiger charge is -2.29. The minimum absolute atomic E-state index is 0.0747. The Bertz CT molecular complexity index is 829. The van der Waals surface area contributed by atoms with Gasteiger partial charge in [0.25, 0.3) is 0 Å². The molecule has 12 nitrogen and oxygen atoms in total. The van der Waals surface area contributed by atoms with Gasteiger partial charge in [-0.25, -0.2) is 0 Å². The molecule has 8 atom stereocenters. The zero-order valence-electron chi connectivity index (χ0n) is 22.4. The van der Waals surface area contributed by atoms with E-state index in [1.165, 1.54) is 55.4 Å². The zero-order chi connectivity index (χ0) is 28.0. The van der Waals surface area contributed by atoms with Crippen LogP contribution in [0.15, 0.2) is 0 Å². The van der Waals surface area contributed by atoms with Crippen LogP contribution in [-0.2, 0) is 47.6 Å². The Hall–Kier alpha value is -1.64. The number of carbonyl (C=O) groups is 4. The van der Waals surface area contributed by atoms with Crippen molar-refractivity contribution in [1.82, 2.24) is 0 Å². The van der Waals surface area contributed by atoms with Crippen molar-refractivity contribution in [1.29, 1.82) is 0 Å². The largest absolute Gasteiger partial charge is 0.361 e.